The molecule has 1 saturated heterocycles. The van der Waals surface area contributed by atoms with Crippen LogP contribution in [0.1, 0.15) is 48.7 Å². The minimum Gasteiger partial charge on any atom is -0.383 e. The van der Waals surface area contributed by atoms with Gasteiger partial charge in [-0.05, 0) is 73.7 Å². The summed E-state index contributed by atoms with van der Waals surface area (Å²) in [6, 6.07) is 21.4. The molecule has 0 radical (unpaired) electrons. The molecule has 0 spiro atoms. The molecule has 4 aromatic heterocycles. The molecule has 7 rings (SSSR count). The minimum absolute atomic E-state index is 0.194. The molecule has 1 aliphatic heterocycles. The zero-order chi connectivity index (χ0) is 27.8. The molecule has 41 heavy (non-hydrogen) atoms. The zero-order valence-corrected chi connectivity index (χ0v) is 22.7. The van der Waals surface area contributed by atoms with Crippen molar-refractivity contribution in [3.05, 3.63) is 90.3 Å². The first-order chi connectivity index (χ1) is 20.1. The second-order valence-electron chi connectivity index (χ2n) is 11.0. The number of nitrogens with one attached hydrogen (secondary N) is 1. The van der Waals surface area contributed by atoms with Crippen molar-refractivity contribution in [1.29, 1.82) is 5.26 Å². The minimum atomic E-state index is 0.194. The van der Waals surface area contributed by atoms with Crippen LogP contribution in [0.25, 0.3) is 27.8 Å². The number of nitrogen functional groups attached to an aromatic ring is 1. The van der Waals surface area contributed by atoms with E-state index in [1.807, 2.05) is 30.5 Å². The summed E-state index contributed by atoms with van der Waals surface area (Å²) < 4.78 is 2.29. The molecule has 9 nitrogen and oxygen atoms in total. The quantitative estimate of drug-likeness (QED) is 0.285. The van der Waals surface area contributed by atoms with E-state index < -0.39 is 0 Å². The number of aromatic nitrogens is 5. The maximum absolute atomic E-state index is 9.05. The highest BCUT2D eigenvalue weighted by Gasteiger charge is 2.26. The number of likely N-dealkylation sites (tertiary alicyclic amines) is 1. The number of piperidine rings is 1. The number of hydrogen-bond donors (Lipinski definition) is 2. The van der Waals surface area contributed by atoms with Gasteiger partial charge in [0.25, 0.3) is 0 Å². The molecule has 0 amide bonds. The molecule has 0 unspecified atom stereocenters. The van der Waals surface area contributed by atoms with Gasteiger partial charge in [0.05, 0.1) is 11.2 Å². The predicted octanol–water partition coefficient (Wildman–Crippen LogP) is 5.29. The van der Waals surface area contributed by atoms with Crippen molar-refractivity contribution < 1.29 is 0 Å². The van der Waals surface area contributed by atoms with Crippen LogP contribution in [-0.4, -0.2) is 48.5 Å². The third-order valence-electron chi connectivity index (χ3n) is 8.11. The third kappa shape index (κ3) is 5.22. The fourth-order valence-corrected chi connectivity index (χ4v) is 5.78. The lowest BCUT2D eigenvalue weighted by molar-refractivity contribution is 0.211. The smallest absolute Gasteiger partial charge is 0.234 e. The maximum Gasteiger partial charge on any atom is 0.234 e. The van der Waals surface area contributed by atoms with Gasteiger partial charge in [-0.3, -0.25) is 9.88 Å². The monoisotopic (exact) mass is 541 g/mol. The van der Waals surface area contributed by atoms with Crippen molar-refractivity contribution in [2.24, 2.45) is 0 Å². The van der Waals surface area contributed by atoms with Crippen LogP contribution >= 0.6 is 0 Å². The molecule has 9 heteroatoms. The van der Waals surface area contributed by atoms with Gasteiger partial charge in [0, 0.05) is 72.5 Å². The van der Waals surface area contributed by atoms with Crippen LogP contribution in [-0.2, 0) is 6.54 Å². The summed E-state index contributed by atoms with van der Waals surface area (Å²) in [6.45, 7) is 2.90. The Kier molecular flexibility index (Phi) is 6.53. The number of nitriles is 1. The largest absolute Gasteiger partial charge is 0.383 e. The Morgan fingerprint density at radius 2 is 1.78 bits per heavy atom. The van der Waals surface area contributed by atoms with Gasteiger partial charge in [-0.25, -0.2) is 15.0 Å². The Morgan fingerprint density at radius 3 is 2.54 bits per heavy atom. The van der Waals surface area contributed by atoms with Crippen molar-refractivity contribution in [2.45, 2.75) is 44.2 Å². The summed E-state index contributed by atoms with van der Waals surface area (Å²) in [7, 11) is 0. The van der Waals surface area contributed by atoms with Crippen molar-refractivity contribution in [3.8, 4) is 23.0 Å². The fourth-order valence-electron chi connectivity index (χ4n) is 5.78. The fraction of sp³-hybridized carbons (Fsp3) is 0.281. The SMILES string of the molecule is N#Cc1nccc(NC2CCN(Cc3ccc(-n4c(-c5cccnc5N)cc5cnc(C6CC6)cc54)cc3)CC2)n1. The molecule has 2 aliphatic rings. The number of pyridine rings is 2. The Morgan fingerprint density at radius 1 is 0.951 bits per heavy atom. The normalized spacial score (nSPS) is 16.1. The maximum atomic E-state index is 9.05. The van der Waals surface area contributed by atoms with Crippen LogP contribution in [0, 0.1) is 11.3 Å². The van der Waals surface area contributed by atoms with Gasteiger partial charge in [-0.2, -0.15) is 5.26 Å². The summed E-state index contributed by atoms with van der Waals surface area (Å²) in [5.74, 6) is 2.01. The molecular formula is C32H31N9. The number of nitrogens with two attached hydrogens (primary N) is 1. The third-order valence-corrected chi connectivity index (χ3v) is 8.11. The average molecular weight is 542 g/mol. The summed E-state index contributed by atoms with van der Waals surface area (Å²) in [4.78, 5) is 19.8. The zero-order valence-electron chi connectivity index (χ0n) is 22.7. The highest BCUT2D eigenvalue weighted by atomic mass is 15.1. The first kappa shape index (κ1) is 25.2. The number of benzene rings is 1. The van der Waals surface area contributed by atoms with Crippen LogP contribution in [0.3, 0.4) is 0 Å². The Bertz CT molecular complexity index is 1740. The van der Waals surface area contributed by atoms with Crippen LogP contribution in [0.4, 0.5) is 11.6 Å². The van der Waals surface area contributed by atoms with Gasteiger partial charge in [-0.1, -0.05) is 12.1 Å². The topological polar surface area (TPSA) is 122 Å². The summed E-state index contributed by atoms with van der Waals surface area (Å²) >= 11 is 0. The van der Waals surface area contributed by atoms with E-state index in [1.54, 1.807) is 12.4 Å². The van der Waals surface area contributed by atoms with Gasteiger partial charge in [0.2, 0.25) is 5.82 Å². The average Bonchev–Trinajstić information content (AvgIpc) is 3.79. The van der Waals surface area contributed by atoms with Gasteiger partial charge in [-0.15, -0.1) is 0 Å². The molecule has 3 N–H and O–H groups in total. The Balaban J connectivity index is 1.09. The lowest BCUT2D eigenvalue weighted by Crippen LogP contribution is -2.38. The van der Waals surface area contributed by atoms with E-state index in [0.717, 1.165) is 66.1 Å². The van der Waals surface area contributed by atoms with Crippen LogP contribution in [0.5, 0.6) is 0 Å². The van der Waals surface area contributed by atoms with E-state index in [9.17, 15) is 0 Å². The summed E-state index contributed by atoms with van der Waals surface area (Å²) in [6.07, 6.45) is 9.82. The Labute approximate surface area is 238 Å². The lowest BCUT2D eigenvalue weighted by Gasteiger charge is -2.32. The molecule has 5 aromatic rings. The van der Waals surface area contributed by atoms with Crippen molar-refractivity contribution >= 4 is 22.5 Å². The van der Waals surface area contributed by atoms with Gasteiger partial charge in [0.15, 0.2) is 0 Å². The molecule has 1 aliphatic carbocycles. The molecule has 204 valence electrons. The second-order valence-corrected chi connectivity index (χ2v) is 11.0. The van der Waals surface area contributed by atoms with E-state index in [-0.39, 0.29) is 5.82 Å². The molecular weight excluding hydrogens is 510 g/mol. The van der Waals surface area contributed by atoms with E-state index in [0.29, 0.717) is 17.8 Å². The van der Waals surface area contributed by atoms with Crippen molar-refractivity contribution in [3.63, 3.8) is 0 Å². The van der Waals surface area contributed by atoms with Gasteiger partial charge in [0.1, 0.15) is 17.7 Å². The van der Waals surface area contributed by atoms with E-state index in [4.69, 9.17) is 16.0 Å². The molecule has 0 bridgehead atoms. The second kappa shape index (κ2) is 10.6. The number of fused-ring (bicyclic) bond motifs is 1. The summed E-state index contributed by atoms with van der Waals surface area (Å²) in [5, 5.41) is 13.6. The van der Waals surface area contributed by atoms with E-state index in [1.165, 1.54) is 24.1 Å². The first-order valence-corrected chi connectivity index (χ1v) is 14.2. The number of hydrogen-bond acceptors (Lipinski definition) is 8. The first-order valence-electron chi connectivity index (χ1n) is 14.2. The van der Waals surface area contributed by atoms with E-state index >= 15 is 0 Å². The molecule has 5 heterocycles. The van der Waals surface area contributed by atoms with Crippen molar-refractivity contribution in [2.75, 3.05) is 24.1 Å². The number of rotatable bonds is 7. The lowest BCUT2D eigenvalue weighted by atomic mass is 10.0. The molecule has 1 aromatic carbocycles. The van der Waals surface area contributed by atoms with Crippen molar-refractivity contribution in [1.82, 2.24) is 29.4 Å². The number of nitrogens with zero attached hydrogens (tertiary/aromatic N) is 7. The number of anilines is 2. The highest BCUT2D eigenvalue weighted by molar-refractivity contribution is 5.90. The van der Waals surface area contributed by atoms with Crippen LogP contribution in [0.2, 0.25) is 0 Å². The molecule has 0 atom stereocenters. The van der Waals surface area contributed by atoms with E-state index in [2.05, 4.69) is 66.1 Å². The Hall–Kier alpha value is -4.81. The van der Waals surface area contributed by atoms with Gasteiger partial charge < -0.3 is 15.6 Å². The predicted molar refractivity (Wildman–Crippen MR) is 159 cm³/mol. The standard InChI is InChI=1S/C32H31N9/c33-18-31-35-13-9-30(39-31)38-24-10-14-40(15-11-24)20-21-3-7-25(8-4-21)41-28-17-27(22-5-6-22)37-19-23(28)16-29(41)26-2-1-12-36-32(26)34/h1-4,7-9,12-13,16-17,19,22,24H,5-6,10-11,14-15,20H2,(H2,34,36)(H,35,38,39). The highest BCUT2D eigenvalue weighted by Crippen LogP contribution is 2.41. The van der Waals surface area contributed by atoms with Crippen LogP contribution in [0.15, 0.2) is 73.2 Å². The summed E-state index contributed by atoms with van der Waals surface area (Å²) in [5.41, 5.74) is 13.0. The van der Waals surface area contributed by atoms with Crippen LogP contribution < -0.4 is 11.1 Å². The molecule has 2 fully saturated rings. The molecule has 1 saturated carbocycles. The van der Waals surface area contributed by atoms with Gasteiger partial charge >= 0.3 is 0 Å².